The highest BCUT2D eigenvalue weighted by Gasteiger charge is 2.19. The van der Waals surface area contributed by atoms with Gasteiger partial charge >= 0.3 is 0 Å². The van der Waals surface area contributed by atoms with Crippen LogP contribution in [-0.2, 0) is 4.79 Å². The van der Waals surface area contributed by atoms with Gasteiger partial charge in [0, 0.05) is 18.5 Å². The van der Waals surface area contributed by atoms with Crippen LogP contribution in [0.5, 0.6) is 0 Å². The van der Waals surface area contributed by atoms with Gasteiger partial charge in [-0.2, -0.15) is 0 Å². The molecule has 0 unspecified atom stereocenters. The summed E-state index contributed by atoms with van der Waals surface area (Å²) < 4.78 is 0. The van der Waals surface area contributed by atoms with Gasteiger partial charge in [0.05, 0.1) is 12.1 Å². The summed E-state index contributed by atoms with van der Waals surface area (Å²) in [4.78, 5) is 26.2. The van der Waals surface area contributed by atoms with Crippen LogP contribution in [0.25, 0.3) is 22.0 Å². The van der Waals surface area contributed by atoms with E-state index in [1.54, 1.807) is 11.0 Å². The summed E-state index contributed by atoms with van der Waals surface area (Å²) in [5.41, 5.74) is 3.06. The minimum atomic E-state index is -0.378. The first-order valence-electron chi connectivity index (χ1n) is 8.43. The molecule has 0 radical (unpaired) electrons. The van der Waals surface area contributed by atoms with Gasteiger partial charge in [0.15, 0.2) is 5.69 Å². The van der Waals surface area contributed by atoms with Crippen LogP contribution in [0.1, 0.15) is 23.3 Å². The molecule has 2 amide bonds. The zero-order valence-corrected chi connectivity index (χ0v) is 13.7. The zero-order valence-electron chi connectivity index (χ0n) is 13.7. The van der Waals surface area contributed by atoms with E-state index in [1.165, 1.54) is 0 Å². The number of carbonyl (C=O) groups is 2. The molecule has 0 saturated carbocycles. The van der Waals surface area contributed by atoms with E-state index in [2.05, 4.69) is 15.5 Å². The van der Waals surface area contributed by atoms with E-state index in [0.29, 0.717) is 0 Å². The topological polar surface area (TPSA) is 75.2 Å². The average Bonchev–Trinajstić information content (AvgIpc) is 3.22. The molecular formula is C19H18N4O2. The van der Waals surface area contributed by atoms with Crippen LogP contribution in [-0.4, -0.2) is 46.5 Å². The second kappa shape index (κ2) is 6.47. The van der Waals surface area contributed by atoms with Gasteiger partial charge < -0.3 is 10.2 Å². The number of carbonyl (C=O) groups excluding carboxylic acids is 2. The van der Waals surface area contributed by atoms with Crippen molar-refractivity contribution in [3.05, 3.63) is 48.2 Å². The van der Waals surface area contributed by atoms with E-state index in [9.17, 15) is 9.59 Å². The number of hydrogen-bond donors (Lipinski definition) is 1. The van der Waals surface area contributed by atoms with Gasteiger partial charge in [-0.1, -0.05) is 30.3 Å². The molecule has 1 aromatic heterocycles. The summed E-state index contributed by atoms with van der Waals surface area (Å²) in [6.45, 7) is 1.54. The molecule has 1 fully saturated rings. The molecule has 1 saturated heterocycles. The third-order valence-corrected chi connectivity index (χ3v) is 4.57. The summed E-state index contributed by atoms with van der Waals surface area (Å²) in [6, 6.07) is 13.6. The van der Waals surface area contributed by atoms with Gasteiger partial charge in [0.1, 0.15) is 0 Å². The lowest BCUT2D eigenvalue weighted by Crippen LogP contribution is -2.38. The second-order valence-electron chi connectivity index (χ2n) is 6.22. The number of hydrogen-bond acceptors (Lipinski definition) is 4. The third-order valence-electron chi connectivity index (χ3n) is 4.57. The van der Waals surface area contributed by atoms with Crippen molar-refractivity contribution in [2.45, 2.75) is 12.8 Å². The second-order valence-corrected chi connectivity index (χ2v) is 6.22. The molecule has 126 valence electrons. The number of rotatable bonds is 3. The molecule has 2 heterocycles. The van der Waals surface area contributed by atoms with Gasteiger partial charge in [-0.3, -0.25) is 9.59 Å². The number of fused-ring (bicyclic) bond motifs is 3. The average molecular weight is 334 g/mol. The SMILES string of the molecule is O=C(NCC(=O)N1CCCC1)c1cc2c3cccccc-3cc2nn1. The van der Waals surface area contributed by atoms with Crippen molar-refractivity contribution >= 4 is 22.7 Å². The van der Waals surface area contributed by atoms with Crippen LogP contribution in [0.2, 0.25) is 0 Å². The van der Waals surface area contributed by atoms with Crippen LogP contribution in [0.3, 0.4) is 0 Å². The normalized spacial score (nSPS) is 14.2. The maximum atomic E-state index is 12.3. The fourth-order valence-corrected chi connectivity index (χ4v) is 3.24. The van der Waals surface area contributed by atoms with E-state index in [0.717, 1.165) is 48.0 Å². The summed E-state index contributed by atoms with van der Waals surface area (Å²) in [7, 11) is 0. The van der Waals surface area contributed by atoms with E-state index in [1.807, 2.05) is 36.4 Å². The Hall–Kier alpha value is -3.02. The molecule has 6 heteroatoms. The molecule has 0 aromatic carbocycles. The molecule has 0 spiro atoms. The molecular weight excluding hydrogens is 316 g/mol. The highest BCUT2D eigenvalue weighted by molar-refractivity contribution is 6.03. The van der Waals surface area contributed by atoms with Crippen molar-refractivity contribution in [2.75, 3.05) is 19.6 Å². The number of nitrogens with one attached hydrogen (secondary N) is 1. The Balaban J connectivity index is 1.54. The lowest BCUT2D eigenvalue weighted by Gasteiger charge is -2.15. The molecule has 0 bridgehead atoms. The van der Waals surface area contributed by atoms with E-state index in [-0.39, 0.29) is 24.1 Å². The Morgan fingerprint density at radius 1 is 1.04 bits per heavy atom. The molecule has 6 nitrogen and oxygen atoms in total. The Kier molecular flexibility index (Phi) is 4.01. The predicted octanol–water partition coefficient (Wildman–Crippen LogP) is 2.09. The lowest BCUT2D eigenvalue weighted by molar-refractivity contribution is -0.129. The minimum Gasteiger partial charge on any atom is -0.342 e. The van der Waals surface area contributed by atoms with Crippen LogP contribution in [0, 0.1) is 0 Å². The number of amides is 2. The summed E-state index contributed by atoms with van der Waals surface area (Å²) in [6.07, 6.45) is 2.06. The van der Waals surface area contributed by atoms with Crippen molar-refractivity contribution in [2.24, 2.45) is 0 Å². The van der Waals surface area contributed by atoms with Crippen LogP contribution in [0.15, 0.2) is 42.5 Å². The van der Waals surface area contributed by atoms with Crippen molar-refractivity contribution in [3.63, 3.8) is 0 Å². The monoisotopic (exact) mass is 334 g/mol. The number of likely N-dealkylation sites (tertiary alicyclic amines) is 1. The quantitative estimate of drug-likeness (QED) is 0.796. The third kappa shape index (κ3) is 3.03. The molecule has 0 atom stereocenters. The van der Waals surface area contributed by atoms with E-state index < -0.39 is 0 Å². The van der Waals surface area contributed by atoms with E-state index in [4.69, 9.17) is 0 Å². The van der Waals surface area contributed by atoms with Gasteiger partial charge in [-0.25, -0.2) is 0 Å². The number of aromatic nitrogens is 2. The lowest BCUT2D eigenvalue weighted by atomic mass is 10.1. The van der Waals surface area contributed by atoms with Crippen LogP contribution >= 0.6 is 0 Å². The number of nitrogens with zero attached hydrogens (tertiary/aromatic N) is 3. The van der Waals surface area contributed by atoms with E-state index >= 15 is 0 Å². The Labute approximate surface area is 145 Å². The van der Waals surface area contributed by atoms with Gasteiger partial charge in [0.25, 0.3) is 5.91 Å². The summed E-state index contributed by atoms with van der Waals surface area (Å²) >= 11 is 0. The largest absolute Gasteiger partial charge is 0.342 e. The van der Waals surface area contributed by atoms with Crippen LogP contribution < -0.4 is 5.32 Å². The fourth-order valence-electron chi connectivity index (χ4n) is 3.24. The van der Waals surface area contributed by atoms with Crippen molar-refractivity contribution in [1.29, 1.82) is 0 Å². The predicted molar refractivity (Wildman–Crippen MR) is 94.3 cm³/mol. The molecule has 3 aliphatic rings. The highest BCUT2D eigenvalue weighted by Crippen LogP contribution is 2.32. The zero-order chi connectivity index (χ0) is 17.2. The molecule has 4 rings (SSSR count). The first-order chi connectivity index (χ1) is 12.2. The summed E-state index contributed by atoms with van der Waals surface area (Å²) in [5.74, 6) is -0.428. The van der Waals surface area contributed by atoms with Crippen LogP contribution in [0.4, 0.5) is 0 Å². The molecule has 1 aliphatic heterocycles. The maximum absolute atomic E-state index is 12.3. The highest BCUT2D eigenvalue weighted by atomic mass is 16.2. The van der Waals surface area contributed by atoms with Crippen molar-refractivity contribution < 1.29 is 9.59 Å². The molecule has 1 N–H and O–H groups in total. The smallest absolute Gasteiger partial charge is 0.272 e. The molecule has 2 aliphatic carbocycles. The fraction of sp³-hybridized carbons (Fsp3) is 0.263. The Morgan fingerprint density at radius 3 is 2.68 bits per heavy atom. The minimum absolute atomic E-state index is 0.00469. The maximum Gasteiger partial charge on any atom is 0.272 e. The molecule has 1 aromatic rings. The van der Waals surface area contributed by atoms with Gasteiger partial charge in [-0.05, 0) is 36.1 Å². The Morgan fingerprint density at radius 2 is 1.84 bits per heavy atom. The van der Waals surface area contributed by atoms with Crippen molar-refractivity contribution in [3.8, 4) is 11.1 Å². The first-order valence-corrected chi connectivity index (χ1v) is 8.43. The first kappa shape index (κ1) is 15.5. The van der Waals surface area contributed by atoms with Gasteiger partial charge in [-0.15, -0.1) is 10.2 Å². The molecule has 25 heavy (non-hydrogen) atoms. The Bertz CT molecular complexity index is 918. The van der Waals surface area contributed by atoms with Gasteiger partial charge in [0.2, 0.25) is 5.91 Å². The van der Waals surface area contributed by atoms with Crippen molar-refractivity contribution in [1.82, 2.24) is 20.4 Å². The standard InChI is InChI=1S/C19H18N4O2/c24-18(23-8-4-5-9-23)12-20-19(25)17-11-15-14-7-3-1-2-6-13(14)10-16(15)21-22-17/h1-3,6-7,10-11H,4-5,8-9,12H2,(H,20,25). The summed E-state index contributed by atoms with van der Waals surface area (Å²) in [5, 5.41) is 11.7.